The quantitative estimate of drug-likeness (QED) is 0.865. The first-order chi connectivity index (χ1) is 9.19. The normalized spacial score (nSPS) is 23.3. The highest BCUT2D eigenvalue weighted by atomic mass is 79.9. The van der Waals surface area contributed by atoms with Crippen LogP contribution in [0.15, 0.2) is 22.7 Å². The number of hydrogen-bond acceptors (Lipinski definition) is 2. The van der Waals surface area contributed by atoms with Crippen molar-refractivity contribution in [3.63, 3.8) is 0 Å². The van der Waals surface area contributed by atoms with Crippen LogP contribution in [-0.2, 0) is 0 Å². The van der Waals surface area contributed by atoms with E-state index in [1.54, 1.807) is 0 Å². The predicted octanol–water partition coefficient (Wildman–Crippen LogP) is 4.47. The number of ether oxygens (including phenoxy) is 1. The SMILES string of the molecule is Cc1cc(O[C@H]2CC[C@H](CCCO)CC2)ccc1Br. The number of halogens is 1. The molecule has 1 aromatic carbocycles. The van der Waals surface area contributed by atoms with Gasteiger partial charge in [-0.2, -0.15) is 0 Å². The van der Waals surface area contributed by atoms with Crippen molar-refractivity contribution in [3.05, 3.63) is 28.2 Å². The van der Waals surface area contributed by atoms with Crippen LogP contribution in [0.5, 0.6) is 5.75 Å². The highest BCUT2D eigenvalue weighted by molar-refractivity contribution is 9.10. The number of aliphatic hydroxyl groups excluding tert-OH is 1. The van der Waals surface area contributed by atoms with Gasteiger partial charge in [0.15, 0.2) is 0 Å². The number of benzene rings is 1. The van der Waals surface area contributed by atoms with Gasteiger partial charge in [-0.25, -0.2) is 0 Å². The molecule has 1 fully saturated rings. The first-order valence-corrected chi connectivity index (χ1v) is 8.02. The zero-order valence-corrected chi connectivity index (χ0v) is 13.2. The summed E-state index contributed by atoms with van der Waals surface area (Å²) >= 11 is 3.51. The topological polar surface area (TPSA) is 29.5 Å². The molecule has 3 heteroatoms. The van der Waals surface area contributed by atoms with E-state index in [0.717, 1.165) is 35.4 Å². The van der Waals surface area contributed by atoms with Gasteiger partial charge in [-0.15, -0.1) is 0 Å². The van der Waals surface area contributed by atoms with Gasteiger partial charge < -0.3 is 9.84 Å². The summed E-state index contributed by atoms with van der Waals surface area (Å²) in [5.74, 6) is 1.78. The Morgan fingerprint density at radius 1 is 1.26 bits per heavy atom. The van der Waals surface area contributed by atoms with E-state index in [9.17, 15) is 0 Å². The maximum atomic E-state index is 8.86. The molecule has 0 amide bonds. The fourth-order valence-corrected chi connectivity index (χ4v) is 3.05. The van der Waals surface area contributed by atoms with Crippen LogP contribution in [0.3, 0.4) is 0 Å². The Kier molecular flexibility index (Phi) is 5.71. The average Bonchev–Trinajstić information content (AvgIpc) is 2.42. The van der Waals surface area contributed by atoms with E-state index in [1.807, 2.05) is 6.07 Å². The molecular weight excluding hydrogens is 304 g/mol. The highest BCUT2D eigenvalue weighted by Crippen LogP contribution is 2.31. The summed E-state index contributed by atoms with van der Waals surface area (Å²) in [4.78, 5) is 0. The third kappa shape index (κ3) is 4.50. The second-order valence-corrected chi connectivity index (χ2v) is 6.39. The lowest BCUT2D eigenvalue weighted by atomic mass is 9.84. The van der Waals surface area contributed by atoms with Crippen molar-refractivity contribution in [1.82, 2.24) is 0 Å². The Morgan fingerprint density at radius 3 is 2.63 bits per heavy atom. The van der Waals surface area contributed by atoms with Gasteiger partial charge in [0.25, 0.3) is 0 Å². The minimum atomic E-state index is 0.328. The summed E-state index contributed by atoms with van der Waals surface area (Å²) in [7, 11) is 0. The average molecular weight is 327 g/mol. The van der Waals surface area contributed by atoms with Crippen LogP contribution in [0, 0.1) is 12.8 Å². The number of hydrogen-bond donors (Lipinski definition) is 1. The van der Waals surface area contributed by atoms with E-state index in [1.165, 1.54) is 24.8 Å². The molecule has 2 rings (SSSR count). The van der Waals surface area contributed by atoms with Gasteiger partial charge in [0.1, 0.15) is 5.75 Å². The lowest BCUT2D eigenvalue weighted by Gasteiger charge is -2.29. The molecule has 1 saturated carbocycles. The van der Waals surface area contributed by atoms with Crippen LogP contribution in [0.4, 0.5) is 0 Å². The smallest absolute Gasteiger partial charge is 0.120 e. The van der Waals surface area contributed by atoms with Gasteiger partial charge in [-0.05, 0) is 75.1 Å². The van der Waals surface area contributed by atoms with Crippen LogP contribution >= 0.6 is 15.9 Å². The van der Waals surface area contributed by atoms with Crippen molar-refractivity contribution in [1.29, 1.82) is 0 Å². The van der Waals surface area contributed by atoms with E-state index < -0.39 is 0 Å². The van der Waals surface area contributed by atoms with Crippen LogP contribution in [0.2, 0.25) is 0 Å². The van der Waals surface area contributed by atoms with Crippen molar-refractivity contribution in [2.75, 3.05) is 6.61 Å². The van der Waals surface area contributed by atoms with Gasteiger partial charge in [0, 0.05) is 11.1 Å². The fraction of sp³-hybridized carbons (Fsp3) is 0.625. The van der Waals surface area contributed by atoms with Crippen molar-refractivity contribution >= 4 is 15.9 Å². The monoisotopic (exact) mass is 326 g/mol. The van der Waals surface area contributed by atoms with E-state index in [2.05, 4.69) is 35.0 Å². The Morgan fingerprint density at radius 2 is 2.00 bits per heavy atom. The summed E-state index contributed by atoms with van der Waals surface area (Å²) in [6, 6.07) is 6.19. The summed E-state index contributed by atoms with van der Waals surface area (Å²) in [5.41, 5.74) is 1.22. The number of rotatable bonds is 5. The zero-order chi connectivity index (χ0) is 13.7. The van der Waals surface area contributed by atoms with Crippen LogP contribution in [0.1, 0.15) is 44.1 Å². The van der Waals surface area contributed by atoms with Gasteiger partial charge in [0.2, 0.25) is 0 Å². The molecule has 106 valence electrons. The molecule has 1 N–H and O–H groups in total. The molecule has 0 spiro atoms. The van der Waals surface area contributed by atoms with Crippen molar-refractivity contribution in [2.24, 2.45) is 5.92 Å². The maximum Gasteiger partial charge on any atom is 0.120 e. The highest BCUT2D eigenvalue weighted by Gasteiger charge is 2.22. The van der Waals surface area contributed by atoms with Crippen molar-refractivity contribution in [2.45, 2.75) is 51.6 Å². The fourth-order valence-electron chi connectivity index (χ4n) is 2.80. The van der Waals surface area contributed by atoms with E-state index in [0.29, 0.717) is 12.7 Å². The third-order valence-electron chi connectivity index (χ3n) is 4.00. The molecule has 0 aromatic heterocycles. The number of aryl methyl sites for hydroxylation is 1. The molecule has 19 heavy (non-hydrogen) atoms. The molecule has 0 bridgehead atoms. The second kappa shape index (κ2) is 7.30. The molecule has 0 aliphatic heterocycles. The van der Waals surface area contributed by atoms with Crippen LogP contribution in [0.25, 0.3) is 0 Å². The van der Waals surface area contributed by atoms with Crippen LogP contribution < -0.4 is 4.74 Å². The van der Waals surface area contributed by atoms with E-state index in [4.69, 9.17) is 9.84 Å². The molecule has 1 aromatic rings. The lowest BCUT2D eigenvalue weighted by molar-refractivity contribution is 0.125. The summed E-state index contributed by atoms with van der Waals surface area (Å²) < 4.78 is 7.21. The minimum absolute atomic E-state index is 0.328. The zero-order valence-electron chi connectivity index (χ0n) is 11.6. The first kappa shape index (κ1) is 14.9. The summed E-state index contributed by atoms with van der Waals surface area (Å²) in [5, 5.41) is 8.86. The third-order valence-corrected chi connectivity index (χ3v) is 4.89. The largest absolute Gasteiger partial charge is 0.490 e. The van der Waals surface area contributed by atoms with E-state index >= 15 is 0 Å². The van der Waals surface area contributed by atoms with Gasteiger partial charge in [-0.3, -0.25) is 0 Å². The second-order valence-electron chi connectivity index (χ2n) is 5.54. The van der Waals surface area contributed by atoms with Crippen molar-refractivity contribution in [3.8, 4) is 5.75 Å². The molecule has 2 nitrogen and oxygen atoms in total. The number of aliphatic hydroxyl groups is 1. The molecule has 0 radical (unpaired) electrons. The van der Waals surface area contributed by atoms with Gasteiger partial charge >= 0.3 is 0 Å². The molecule has 0 unspecified atom stereocenters. The molecule has 1 aliphatic carbocycles. The molecule has 0 saturated heterocycles. The molecule has 1 aliphatic rings. The Hall–Kier alpha value is -0.540. The Labute approximate surface area is 124 Å². The molecule has 0 heterocycles. The maximum absolute atomic E-state index is 8.86. The predicted molar refractivity (Wildman–Crippen MR) is 81.6 cm³/mol. The molecule has 0 atom stereocenters. The molecular formula is C16H23BrO2. The Balaban J connectivity index is 1.80. The summed E-state index contributed by atoms with van der Waals surface area (Å²) in [6.07, 6.45) is 7.24. The van der Waals surface area contributed by atoms with Crippen molar-refractivity contribution < 1.29 is 9.84 Å². The Bertz CT molecular complexity index is 398. The van der Waals surface area contributed by atoms with Gasteiger partial charge in [0.05, 0.1) is 6.10 Å². The summed E-state index contributed by atoms with van der Waals surface area (Å²) in [6.45, 7) is 2.41. The minimum Gasteiger partial charge on any atom is -0.490 e. The van der Waals surface area contributed by atoms with E-state index in [-0.39, 0.29) is 0 Å². The lowest BCUT2D eigenvalue weighted by Crippen LogP contribution is -2.24. The standard InChI is InChI=1S/C16H23BrO2/c1-12-11-15(8-9-16(12)17)19-14-6-4-13(5-7-14)3-2-10-18/h8-9,11,13-14,18H,2-7,10H2,1H3/t13-,14-. The van der Waals surface area contributed by atoms with Gasteiger partial charge in [-0.1, -0.05) is 15.9 Å². The van der Waals surface area contributed by atoms with Crippen LogP contribution in [-0.4, -0.2) is 17.8 Å². The first-order valence-electron chi connectivity index (χ1n) is 7.22.